The van der Waals surface area contributed by atoms with E-state index in [-0.39, 0.29) is 18.7 Å². The minimum atomic E-state index is -3.47. The molecule has 7 heteroatoms. The second-order valence-electron chi connectivity index (χ2n) is 4.34. The Labute approximate surface area is 125 Å². The van der Waals surface area contributed by atoms with Gasteiger partial charge in [0.2, 0.25) is 10.0 Å². The molecule has 0 fully saturated rings. The third-order valence-electron chi connectivity index (χ3n) is 2.94. The van der Waals surface area contributed by atoms with E-state index in [2.05, 4.69) is 4.74 Å². The number of benzene rings is 1. The molecule has 114 valence electrons. The van der Waals surface area contributed by atoms with E-state index in [0.717, 1.165) is 0 Å². The summed E-state index contributed by atoms with van der Waals surface area (Å²) in [7, 11) is -2.18. The highest BCUT2D eigenvalue weighted by Crippen LogP contribution is 2.13. The van der Waals surface area contributed by atoms with Gasteiger partial charge in [0, 0.05) is 19.5 Å². The molecule has 0 atom stereocenters. The van der Waals surface area contributed by atoms with E-state index in [1.54, 1.807) is 19.1 Å². The number of hydrogen-bond acceptors (Lipinski definition) is 5. The third kappa shape index (κ3) is 4.85. The van der Waals surface area contributed by atoms with Crippen molar-refractivity contribution in [2.75, 3.05) is 20.2 Å². The lowest BCUT2D eigenvalue weighted by Gasteiger charge is -2.19. The number of rotatable bonds is 7. The van der Waals surface area contributed by atoms with Gasteiger partial charge in [0.15, 0.2) is 0 Å². The summed E-state index contributed by atoms with van der Waals surface area (Å²) in [6.45, 7) is 2.25. The van der Waals surface area contributed by atoms with Crippen molar-refractivity contribution in [2.24, 2.45) is 0 Å². The minimum absolute atomic E-state index is 0.159. The lowest BCUT2D eigenvalue weighted by atomic mass is 10.1. The number of hydrogen-bond donors (Lipinski definition) is 0. The van der Waals surface area contributed by atoms with E-state index in [0.29, 0.717) is 17.7 Å². The molecule has 0 heterocycles. The number of methoxy groups -OCH3 is 1. The molecule has 0 aromatic heterocycles. The molecular formula is C14H18N2O4S. The smallest absolute Gasteiger partial charge is 0.337 e. The van der Waals surface area contributed by atoms with Crippen LogP contribution in [-0.4, -0.2) is 38.9 Å². The largest absolute Gasteiger partial charge is 0.465 e. The maximum Gasteiger partial charge on any atom is 0.337 e. The van der Waals surface area contributed by atoms with Crippen molar-refractivity contribution in [2.45, 2.75) is 19.1 Å². The molecule has 0 aliphatic carbocycles. The van der Waals surface area contributed by atoms with Gasteiger partial charge in [-0.15, -0.1) is 0 Å². The molecule has 1 aromatic rings. The predicted molar refractivity (Wildman–Crippen MR) is 77.9 cm³/mol. The fraction of sp³-hybridized carbons (Fsp3) is 0.429. The first kappa shape index (κ1) is 17.1. The number of sulfonamides is 1. The number of esters is 1. The lowest BCUT2D eigenvalue weighted by Crippen LogP contribution is -2.32. The number of ether oxygens (including phenoxy) is 1. The number of carbonyl (C=O) groups excluding carboxylic acids is 1. The van der Waals surface area contributed by atoms with Crippen molar-refractivity contribution in [1.29, 1.82) is 5.26 Å². The molecule has 21 heavy (non-hydrogen) atoms. The SMILES string of the molecule is CCN(CCC#N)S(=O)(=O)Cc1ccc(C(=O)OC)cc1. The van der Waals surface area contributed by atoms with Gasteiger partial charge in [0.25, 0.3) is 0 Å². The second kappa shape index (κ2) is 7.76. The molecule has 0 radical (unpaired) electrons. The van der Waals surface area contributed by atoms with E-state index in [1.807, 2.05) is 6.07 Å². The van der Waals surface area contributed by atoms with Crippen molar-refractivity contribution < 1.29 is 17.9 Å². The zero-order valence-electron chi connectivity index (χ0n) is 12.1. The van der Waals surface area contributed by atoms with Crippen LogP contribution in [0.5, 0.6) is 0 Å². The Kier molecular flexibility index (Phi) is 6.34. The Bertz CT molecular complexity index is 617. The molecule has 0 bridgehead atoms. The molecule has 0 spiro atoms. The van der Waals surface area contributed by atoms with E-state index >= 15 is 0 Å². The quantitative estimate of drug-likeness (QED) is 0.713. The Morgan fingerprint density at radius 2 is 1.95 bits per heavy atom. The average molecular weight is 310 g/mol. The summed E-state index contributed by atoms with van der Waals surface area (Å²) in [5, 5.41) is 8.56. The van der Waals surface area contributed by atoms with Crippen LogP contribution in [0.25, 0.3) is 0 Å². The molecule has 0 aliphatic heterocycles. The van der Waals surface area contributed by atoms with Gasteiger partial charge in [-0.1, -0.05) is 19.1 Å². The summed E-state index contributed by atoms with van der Waals surface area (Å²) in [5.41, 5.74) is 0.952. The van der Waals surface area contributed by atoms with Gasteiger partial charge in [0.05, 0.1) is 24.5 Å². The molecule has 1 aromatic carbocycles. The average Bonchev–Trinajstić information content (AvgIpc) is 2.47. The zero-order chi connectivity index (χ0) is 15.9. The van der Waals surface area contributed by atoms with E-state index in [9.17, 15) is 13.2 Å². The van der Waals surface area contributed by atoms with Crippen LogP contribution in [0, 0.1) is 11.3 Å². The van der Waals surface area contributed by atoms with Crippen LogP contribution >= 0.6 is 0 Å². The summed E-state index contributed by atoms with van der Waals surface area (Å²) in [6, 6.07) is 8.17. The standard InChI is InChI=1S/C14H18N2O4S/c1-3-16(10-4-9-15)21(18,19)11-12-5-7-13(8-6-12)14(17)20-2/h5-8H,3-4,10-11H2,1-2H3. The van der Waals surface area contributed by atoms with Crippen molar-refractivity contribution in [3.05, 3.63) is 35.4 Å². The zero-order valence-corrected chi connectivity index (χ0v) is 12.9. The van der Waals surface area contributed by atoms with Gasteiger partial charge in [-0.05, 0) is 17.7 Å². The van der Waals surface area contributed by atoms with E-state index < -0.39 is 16.0 Å². The molecule has 1 rings (SSSR count). The normalized spacial score (nSPS) is 11.1. The summed E-state index contributed by atoms with van der Waals surface area (Å²) < 4.78 is 30.3. The summed E-state index contributed by atoms with van der Waals surface area (Å²) >= 11 is 0. The summed E-state index contributed by atoms with van der Waals surface area (Å²) in [5.74, 6) is -0.623. The molecule has 0 unspecified atom stereocenters. The molecule has 0 saturated carbocycles. The van der Waals surface area contributed by atoms with Crippen molar-refractivity contribution in [1.82, 2.24) is 4.31 Å². The first-order valence-corrected chi connectivity index (χ1v) is 8.07. The topological polar surface area (TPSA) is 87.5 Å². The highest BCUT2D eigenvalue weighted by Gasteiger charge is 2.20. The van der Waals surface area contributed by atoms with Gasteiger partial charge >= 0.3 is 5.97 Å². The highest BCUT2D eigenvalue weighted by molar-refractivity contribution is 7.88. The highest BCUT2D eigenvalue weighted by atomic mass is 32.2. The summed E-state index contributed by atoms with van der Waals surface area (Å²) in [4.78, 5) is 11.3. The van der Waals surface area contributed by atoms with Gasteiger partial charge in [-0.3, -0.25) is 0 Å². The summed E-state index contributed by atoms with van der Waals surface area (Å²) in [6.07, 6.45) is 0.161. The maximum absolute atomic E-state index is 12.2. The first-order chi connectivity index (χ1) is 9.94. The van der Waals surface area contributed by atoms with Crippen molar-refractivity contribution >= 4 is 16.0 Å². The lowest BCUT2D eigenvalue weighted by molar-refractivity contribution is 0.0600. The molecule has 0 aliphatic rings. The Morgan fingerprint density at radius 3 is 2.43 bits per heavy atom. The fourth-order valence-corrected chi connectivity index (χ4v) is 3.38. The number of nitrogens with zero attached hydrogens (tertiary/aromatic N) is 2. The predicted octanol–water partition coefficient (Wildman–Crippen LogP) is 1.54. The molecule has 6 nitrogen and oxygen atoms in total. The van der Waals surface area contributed by atoms with Gasteiger partial charge in [-0.2, -0.15) is 5.26 Å². The first-order valence-electron chi connectivity index (χ1n) is 6.46. The minimum Gasteiger partial charge on any atom is -0.465 e. The molecule has 0 amide bonds. The Balaban J connectivity index is 2.83. The molecule has 0 N–H and O–H groups in total. The second-order valence-corrected chi connectivity index (χ2v) is 6.31. The van der Waals surface area contributed by atoms with E-state index in [1.165, 1.54) is 23.5 Å². The Morgan fingerprint density at radius 1 is 1.33 bits per heavy atom. The third-order valence-corrected chi connectivity index (χ3v) is 4.87. The van der Waals surface area contributed by atoms with Gasteiger partial charge < -0.3 is 4.74 Å². The van der Waals surface area contributed by atoms with Crippen LogP contribution in [0.4, 0.5) is 0 Å². The molecular weight excluding hydrogens is 292 g/mol. The molecule has 0 saturated heterocycles. The van der Waals surface area contributed by atoms with Crippen LogP contribution in [0.1, 0.15) is 29.3 Å². The Hall–Kier alpha value is -1.91. The van der Waals surface area contributed by atoms with Crippen molar-refractivity contribution in [3.63, 3.8) is 0 Å². The maximum atomic E-state index is 12.2. The number of nitriles is 1. The monoisotopic (exact) mass is 310 g/mol. The van der Waals surface area contributed by atoms with Crippen LogP contribution < -0.4 is 0 Å². The van der Waals surface area contributed by atoms with Crippen LogP contribution in [-0.2, 0) is 20.5 Å². The van der Waals surface area contributed by atoms with Crippen LogP contribution in [0.3, 0.4) is 0 Å². The van der Waals surface area contributed by atoms with Gasteiger partial charge in [-0.25, -0.2) is 17.5 Å². The van der Waals surface area contributed by atoms with Crippen LogP contribution in [0.2, 0.25) is 0 Å². The van der Waals surface area contributed by atoms with Crippen LogP contribution in [0.15, 0.2) is 24.3 Å². The fourth-order valence-electron chi connectivity index (χ4n) is 1.83. The van der Waals surface area contributed by atoms with E-state index in [4.69, 9.17) is 5.26 Å². The number of carbonyl (C=O) groups is 1. The van der Waals surface area contributed by atoms with Gasteiger partial charge in [0.1, 0.15) is 0 Å². The van der Waals surface area contributed by atoms with Crippen molar-refractivity contribution in [3.8, 4) is 6.07 Å².